The highest BCUT2D eigenvalue weighted by Gasteiger charge is 2.35. The van der Waals surface area contributed by atoms with Crippen molar-refractivity contribution >= 4 is 0 Å². The monoisotopic (exact) mass is 249 g/mol. The van der Waals surface area contributed by atoms with Gasteiger partial charge in [0, 0.05) is 6.04 Å². The predicted molar refractivity (Wildman–Crippen MR) is 79.3 cm³/mol. The first-order chi connectivity index (χ1) is 9.33. The Labute approximate surface area is 114 Å². The minimum atomic E-state index is 0.575. The molecule has 0 aromatic heterocycles. The van der Waals surface area contributed by atoms with E-state index in [1.54, 1.807) is 11.1 Å². The van der Waals surface area contributed by atoms with Gasteiger partial charge in [-0.25, -0.2) is 0 Å². The molecule has 19 heavy (non-hydrogen) atoms. The second-order valence-electron chi connectivity index (χ2n) is 5.90. The molecule has 2 atom stereocenters. The zero-order valence-electron chi connectivity index (χ0n) is 11.3. The lowest BCUT2D eigenvalue weighted by Crippen LogP contribution is -2.25. The molecule has 4 rings (SSSR count). The van der Waals surface area contributed by atoms with Crippen LogP contribution in [0.1, 0.15) is 41.5 Å². The maximum atomic E-state index is 3.69. The molecule has 1 heterocycles. The number of hydrogen-bond donors (Lipinski definition) is 1. The molecule has 0 unspecified atom stereocenters. The van der Waals surface area contributed by atoms with Crippen molar-refractivity contribution in [2.45, 2.75) is 31.7 Å². The molecule has 1 fully saturated rings. The highest BCUT2D eigenvalue weighted by atomic mass is 14.9. The Hall–Kier alpha value is -1.60. The standard InChI is InChI=1S/C18H19N/c1-12-5-7-13(8-6-12)15-3-2-4-16-14-9-10-19-17(11-14)18(15)16/h2-8,14,17,19H,9-11H2,1H3/t14-,17-/m1/s1. The molecule has 1 N–H and O–H groups in total. The third kappa shape index (κ3) is 1.73. The highest BCUT2D eigenvalue weighted by molar-refractivity contribution is 5.71. The molecule has 0 radical (unpaired) electrons. The maximum absolute atomic E-state index is 3.69. The van der Waals surface area contributed by atoms with Crippen LogP contribution in [0.4, 0.5) is 0 Å². The van der Waals surface area contributed by atoms with E-state index in [0.717, 1.165) is 12.5 Å². The quantitative estimate of drug-likeness (QED) is 0.799. The van der Waals surface area contributed by atoms with E-state index in [1.165, 1.54) is 29.5 Å². The van der Waals surface area contributed by atoms with Crippen LogP contribution in [0.25, 0.3) is 11.1 Å². The third-order valence-corrected chi connectivity index (χ3v) is 4.69. The van der Waals surface area contributed by atoms with Crippen molar-refractivity contribution < 1.29 is 0 Å². The fourth-order valence-electron chi connectivity index (χ4n) is 3.73. The summed E-state index contributed by atoms with van der Waals surface area (Å²) in [6.45, 7) is 3.31. The van der Waals surface area contributed by atoms with Gasteiger partial charge < -0.3 is 5.32 Å². The number of hydrogen-bond acceptors (Lipinski definition) is 1. The van der Waals surface area contributed by atoms with Crippen LogP contribution in [0.2, 0.25) is 0 Å². The Kier molecular flexibility index (Phi) is 2.49. The molecule has 2 bridgehead atoms. The molecule has 96 valence electrons. The van der Waals surface area contributed by atoms with Crippen LogP contribution < -0.4 is 5.32 Å². The van der Waals surface area contributed by atoms with E-state index in [0.29, 0.717) is 6.04 Å². The molecule has 2 aromatic carbocycles. The second kappa shape index (κ2) is 4.21. The van der Waals surface area contributed by atoms with E-state index >= 15 is 0 Å². The van der Waals surface area contributed by atoms with Gasteiger partial charge in [-0.05, 0) is 54.5 Å². The Morgan fingerprint density at radius 1 is 1.05 bits per heavy atom. The van der Waals surface area contributed by atoms with Crippen LogP contribution in [-0.4, -0.2) is 6.54 Å². The smallest absolute Gasteiger partial charge is 0.0335 e. The fourth-order valence-corrected chi connectivity index (χ4v) is 3.73. The summed E-state index contributed by atoms with van der Waals surface area (Å²) in [5.41, 5.74) is 7.27. The molecule has 0 spiro atoms. The lowest BCUT2D eigenvalue weighted by atomic mass is 9.93. The summed E-state index contributed by atoms with van der Waals surface area (Å²) in [4.78, 5) is 0. The average molecular weight is 249 g/mol. The SMILES string of the molecule is Cc1ccc(-c2cccc3c2[C@H]2C[C@H]3CCN2)cc1. The lowest BCUT2D eigenvalue weighted by molar-refractivity contribution is 0.410. The first kappa shape index (κ1) is 11.2. The first-order valence-corrected chi connectivity index (χ1v) is 7.26. The van der Waals surface area contributed by atoms with Crippen molar-refractivity contribution in [1.82, 2.24) is 5.32 Å². The molecule has 0 amide bonds. The molecule has 2 aliphatic rings. The molecule has 1 aliphatic carbocycles. The summed E-state index contributed by atoms with van der Waals surface area (Å²) < 4.78 is 0. The number of fused-ring (bicyclic) bond motifs is 5. The summed E-state index contributed by atoms with van der Waals surface area (Å²) in [6.07, 6.45) is 2.58. The van der Waals surface area contributed by atoms with Gasteiger partial charge in [-0.2, -0.15) is 0 Å². The number of benzene rings is 2. The minimum absolute atomic E-state index is 0.575. The van der Waals surface area contributed by atoms with Crippen molar-refractivity contribution in [2.24, 2.45) is 0 Å². The average Bonchev–Trinajstić information content (AvgIpc) is 2.71. The maximum Gasteiger partial charge on any atom is 0.0335 e. The van der Waals surface area contributed by atoms with E-state index in [1.807, 2.05) is 0 Å². The van der Waals surface area contributed by atoms with E-state index in [4.69, 9.17) is 0 Å². The molecule has 1 aliphatic heterocycles. The normalized spacial score (nSPS) is 24.3. The molecule has 2 aromatic rings. The third-order valence-electron chi connectivity index (χ3n) is 4.69. The van der Waals surface area contributed by atoms with Crippen molar-refractivity contribution in [2.75, 3.05) is 6.54 Å². The Morgan fingerprint density at radius 3 is 2.74 bits per heavy atom. The topological polar surface area (TPSA) is 12.0 Å². The van der Waals surface area contributed by atoms with Gasteiger partial charge in [0.25, 0.3) is 0 Å². The summed E-state index contributed by atoms with van der Waals surface area (Å²) in [6, 6.07) is 16.4. The molecule has 1 heteroatoms. The highest BCUT2D eigenvalue weighted by Crippen LogP contribution is 2.48. The molecular formula is C18H19N. The summed E-state index contributed by atoms with van der Waals surface area (Å²) in [5.74, 6) is 0.784. The van der Waals surface area contributed by atoms with E-state index in [-0.39, 0.29) is 0 Å². The van der Waals surface area contributed by atoms with Crippen LogP contribution in [0, 0.1) is 6.92 Å². The largest absolute Gasteiger partial charge is 0.310 e. The zero-order valence-corrected chi connectivity index (χ0v) is 11.3. The second-order valence-corrected chi connectivity index (χ2v) is 5.90. The van der Waals surface area contributed by atoms with E-state index < -0.39 is 0 Å². The number of aryl methyl sites for hydroxylation is 1. The van der Waals surface area contributed by atoms with Gasteiger partial charge >= 0.3 is 0 Å². The summed E-state index contributed by atoms with van der Waals surface area (Å²) in [7, 11) is 0. The van der Waals surface area contributed by atoms with Gasteiger partial charge in [0.1, 0.15) is 0 Å². The van der Waals surface area contributed by atoms with Gasteiger partial charge in [-0.1, -0.05) is 48.0 Å². The van der Waals surface area contributed by atoms with Crippen LogP contribution in [0.5, 0.6) is 0 Å². The summed E-state index contributed by atoms with van der Waals surface area (Å²) in [5, 5.41) is 3.69. The Balaban J connectivity index is 1.89. The zero-order chi connectivity index (χ0) is 12.8. The lowest BCUT2D eigenvalue weighted by Gasteiger charge is -2.21. The van der Waals surface area contributed by atoms with Gasteiger partial charge in [0.15, 0.2) is 0 Å². The van der Waals surface area contributed by atoms with Crippen molar-refractivity contribution in [3.8, 4) is 11.1 Å². The first-order valence-electron chi connectivity index (χ1n) is 7.26. The van der Waals surface area contributed by atoms with Crippen LogP contribution in [-0.2, 0) is 0 Å². The van der Waals surface area contributed by atoms with Crippen LogP contribution in [0.15, 0.2) is 42.5 Å². The van der Waals surface area contributed by atoms with Gasteiger partial charge in [0.05, 0.1) is 0 Å². The van der Waals surface area contributed by atoms with E-state index in [9.17, 15) is 0 Å². The molecule has 1 nitrogen and oxygen atoms in total. The van der Waals surface area contributed by atoms with E-state index in [2.05, 4.69) is 54.7 Å². The molecule has 0 saturated carbocycles. The fraction of sp³-hybridized carbons (Fsp3) is 0.333. The van der Waals surface area contributed by atoms with Gasteiger partial charge in [-0.15, -0.1) is 0 Å². The molecular weight excluding hydrogens is 230 g/mol. The minimum Gasteiger partial charge on any atom is -0.310 e. The van der Waals surface area contributed by atoms with Gasteiger partial charge in [-0.3, -0.25) is 0 Å². The van der Waals surface area contributed by atoms with Crippen LogP contribution >= 0.6 is 0 Å². The van der Waals surface area contributed by atoms with Gasteiger partial charge in [0.2, 0.25) is 0 Å². The number of nitrogens with one attached hydrogen (secondary N) is 1. The number of rotatable bonds is 1. The van der Waals surface area contributed by atoms with Crippen molar-refractivity contribution in [1.29, 1.82) is 0 Å². The predicted octanol–water partition coefficient (Wildman–Crippen LogP) is 4.18. The number of piperidine rings is 1. The molecule has 1 saturated heterocycles. The van der Waals surface area contributed by atoms with Crippen molar-refractivity contribution in [3.63, 3.8) is 0 Å². The van der Waals surface area contributed by atoms with Crippen molar-refractivity contribution in [3.05, 3.63) is 59.2 Å². The van der Waals surface area contributed by atoms with Crippen LogP contribution in [0.3, 0.4) is 0 Å². The Bertz CT molecular complexity index is 612. The summed E-state index contributed by atoms with van der Waals surface area (Å²) >= 11 is 0. The Morgan fingerprint density at radius 2 is 1.89 bits per heavy atom.